The Balaban J connectivity index is 1.76. The van der Waals surface area contributed by atoms with E-state index in [0.29, 0.717) is 6.04 Å². The first-order chi connectivity index (χ1) is 10.3. The molecule has 0 radical (unpaired) electrons. The summed E-state index contributed by atoms with van der Waals surface area (Å²) in [4.78, 5) is 5.20. The standard InChI is InChI=1S/C17H27N3O/c1-3-7-19-8-10-20(11-9-19)15-13-18-12-14-5-4-6-16(21-2)17(14)15/h4-6,15,18H,3,7-13H2,1-2H3/t15-/m0/s1. The largest absolute Gasteiger partial charge is 0.496 e. The molecule has 0 aliphatic carbocycles. The number of fused-ring (bicyclic) bond motifs is 1. The lowest BCUT2D eigenvalue weighted by Crippen LogP contribution is -2.50. The molecule has 1 aromatic rings. The van der Waals surface area contributed by atoms with E-state index >= 15 is 0 Å². The Morgan fingerprint density at radius 1 is 1.24 bits per heavy atom. The van der Waals surface area contributed by atoms with Gasteiger partial charge in [0.25, 0.3) is 0 Å². The molecule has 116 valence electrons. The predicted molar refractivity (Wildman–Crippen MR) is 85.7 cm³/mol. The predicted octanol–water partition coefficient (Wildman–Crippen LogP) is 1.87. The number of benzene rings is 1. The summed E-state index contributed by atoms with van der Waals surface area (Å²) in [7, 11) is 1.79. The number of nitrogens with zero attached hydrogens (tertiary/aromatic N) is 2. The SMILES string of the molecule is CCCN1CCN([C@H]2CNCc3cccc(OC)c32)CC1. The summed E-state index contributed by atoms with van der Waals surface area (Å²) in [5.41, 5.74) is 2.80. The van der Waals surface area contributed by atoms with Crippen molar-refractivity contribution in [3.63, 3.8) is 0 Å². The molecule has 0 spiro atoms. The summed E-state index contributed by atoms with van der Waals surface area (Å²) < 4.78 is 5.63. The third-order valence-corrected chi connectivity index (χ3v) is 4.75. The first-order valence-electron chi connectivity index (χ1n) is 8.16. The quantitative estimate of drug-likeness (QED) is 0.916. The summed E-state index contributed by atoms with van der Waals surface area (Å²) >= 11 is 0. The number of ether oxygens (including phenoxy) is 1. The number of methoxy groups -OCH3 is 1. The Labute approximate surface area is 128 Å². The molecule has 2 aliphatic rings. The molecule has 0 bridgehead atoms. The fraction of sp³-hybridized carbons (Fsp3) is 0.647. The molecule has 1 saturated heterocycles. The number of rotatable bonds is 4. The van der Waals surface area contributed by atoms with Crippen molar-refractivity contribution in [2.24, 2.45) is 0 Å². The van der Waals surface area contributed by atoms with Crippen LogP contribution in [0.1, 0.15) is 30.5 Å². The van der Waals surface area contributed by atoms with Crippen LogP contribution in [0.2, 0.25) is 0 Å². The molecule has 1 N–H and O–H groups in total. The second kappa shape index (κ2) is 6.77. The third-order valence-electron chi connectivity index (χ3n) is 4.75. The highest BCUT2D eigenvalue weighted by Crippen LogP contribution is 2.35. The van der Waals surface area contributed by atoms with Gasteiger partial charge < -0.3 is 15.0 Å². The van der Waals surface area contributed by atoms with Crippen LogP contribution in [0.5, 0.6) is 5.75 Å². The Morgan fingerprint density at radius 3 is 2.76 bits per heavy atom. The molecule has 1 fully saturated rings. The van der Waals surface area contributed by atoms with Gasteiger partial charge >= 0.3 is 0 Å². The van der Waals surface area contributed by atoms with Gasteiger partial charge in [0.05, 0.1) is 13.2 Å². The summed E-state index contributed by atoms with van der Waals surface area (Å²) in [6.45, 7) is 10.2. The van der Waals surface area contributed by atoms with E-state index in [1.54, 1.807) is 7.11 Å². The molecule has 1 aromatic carbocycles. The fourth-order valence-electron chi connectivity index (χ4n) is 3.67. The molecule has 4 heteroatoms. The van der Waals surface area contributed by atoms with Gasteiger partial charge in [0.15, 0.2) is 0 Å². The van der Waals surface area contributed by atoms with E-state index in [9.17, 15) is 0 Å². The first kappa shape index (κ1) is 14.8. The second-order valence-corrected chi connectivity index (χ2v) is 6.06. The van der Waals surface area contributed by atoms with Crippen LogP contribution in [0.4, 0.5) is 0 Å². The summed E-state index contributed by atoms with van der Waals surface area (Å²) in [6, 6.07) is 6.88. The van der Waals surface area contributed by atoms with Crippen molar-refractivity contribution in [2.75, 3.05) is 46.4 Å². The van der Waals surface area contributed by atoms with Gasteiger partial charge in [-0.15, -0.1) is 0 Å². The summed E-state index contributed by atoms with van der Waals surface area (Å²) in [5.74, 6) is 1.05. The maximum atomic E-state index is 5.63. The average molecular weight is 289 g/mol. The topological polar surface area (TPSA) is 27.7 Å². The van der Waals surface area contributed by atoms with Gasteiger partial charge in [-0.3, -0.25) is 4.90 Å². The van der Waals surface area contributed by atoms with Crippen LogP contribution in [0, 0.1) is 0 Å². The highest BCUT2D eigenvalue weighted by molar-refractivity contribution is 5.44. The highest BCUT2D eigenvalue weighted by Gasteiger charge is 2.30. The second-order valence-electron chi connectivity index (χ2n) is 6.06. The molecular formula is C17H27N3O. The zero-order chi connectivity index (χ0) is 14.7. The van der Waals surface area contributed by atoms with Crippen LogP contribution >= 0.6 is 0 Å². The minimum Gasteiger partial charge on any atom is -0.496 e. The fourth-order valence-corrected chi connectivity index (χ4v) is 3.67. The van der Waals surface area contributed by atoms with Gasteiger partial charge in [-0.25, -0.2) is 0 Å². The van der Waals surface area contributed by atoms with Crippen LogP contribution in [-0.2, 0) is 6.54 Å². The molecule has 0 aromatic heterocycles. The molecule has 2 aliphatic heterocycles. The maximum absolute atomic E-state index is 5.63. The van der Waals surface area contributed by atoms with Crippen LogP contribution in [0.25, 0.3) is 0 Å². The molecule has 1 atom stereocenters. The molecule has 0 saturated carbocycles. The van der Waals surface area contributed by atoms with E-state index in [0.717, 1.165) is 31.9 Å². The first-order valence-corrected chi connectivity index (χ1v) is 8.16. The minimum atomic E-state index is 0.452. The third kappa shape index (κ3) is 3.07. The lowest BCUT2D eigenvalue weighted by molar-refractivity contribution is 0.0906. The molecule has 21 heavy (non-hydrogen) atoms. The van der Waals surface area contributed by atoms with Crippen molar-refractivity contribution >= 4 is 0 Å². The monoisotopic (exact) mass is 289 g/mol. The van der Waals surface area contributed by atoms with Gasteiger partial charge in [-0.05, 0) is 24.6 Å². The van der Waals surface area contributed by atoms with Crippen LogP contribution in [0.15, 0.2) is 18.2 Å². The maximum Gasteiger partial charge on any atom is 0.124 e. The number of hydrogen-bond acceptors (Lipinski definition) is 4. The molecular weight excluding hydrogens is 262 g/mol. The van der Waals surface area contributed by atoms with Crippen molar-refractivity contribution in [1.82, 2.24) is 15.1 Å². The van der Waals surface area contributed by atoms with Crippen LogP contribution in [0.3, 0.4) is 0 Å². The summed E-state index contributed by atoms with van der Waals surface area (Å²) in [6.07, 6.45) is 1.25. The molecule has 0 amide bonds. The minimum absolute atomic E-state index is 0.452. The molecule has 2 heterocycles. The van der Waals surface area contributed by atoms with E-state index in [-0.39, 0.29) is 0 Å². The zero-order valence-electron chi connectivity index (χ0n) is 13.3. The molecule has 4 nitrogen and oxygen atoms in total. The Kier molecular flexibility index (Phi) is 4.78. The Morgan fingerprint density at radius 2 is 2.05 bits per heavy atom. The highest BCUT2D eigenvalue weighted by atomic mass is 16.5. The van der Waals surface area contributed by atoms with E-state index in [1.807, 2.05) is 0 Å². The average Bonchev–Trinajstić information content (AvgIpc) is 2.55. The van der Waals surface area contributed by atoms with Crippen molar-refractivity contribution in [3.8, 4) is 5.75 Å². The van der Waals surface area contributed by atoms with Crippen molar-refractivity contribution in [3.05, 3.63) is 29.3 Å². The molecule has 0 unspecified atom stereocenters. The lowest BCUT2D eigenvalue weighted by atomic mass is 9.94. The van der Waals surface area contributed by atoms with E-state index in [1.165, 1.54) is 37.2 Å². The van der Waals surface area contributed by atoms with Crippen LogP contribution < -0.4 is 10.1 Å². The van der Waals surface area contributed by atoms with E-state index < -0.39 is 0 Å². The van der Waals surface area contributed by atoms with Crippen molar-refractivity contribution in [2.45, 2.75) is 25.9 Å². The summed E-state index contributed by atoms with van der Waals surface area (Å²) in [5, 5.41) is 3.57. The van der Waals surface area contributed by atoms with Crippen molar-refractivity contribution in [1.29, 1.82) is 0 Å². The Bertz CT molecular complexity index is 455. The van der Waals surface area contributed by atoms with Gasteiger partial charge in [0.2, 0.25) is 0 Å². The van der Waals surface area contributed by atoms with Crippen molar-refractivity contribution < 1.29 is 4.74 Å². The van der Waals surface area contributed by atoms with E-state index in [4.69, 9.17) is 4.74 Å². The normalized spacial score (nSPS) is 23.8. The van der Waals surface area contributed by atoms with E-state index in [2.05, 4.69) is 40.2 Å². The Hall–Kier alpha value is -1.10. The smallest absolute Gasteiger partial charge is 0.124 e. The number of hydrogen-bond donors (Lipinski definition) is 1. The zero-order valence-corrected chi connectivity index (χ0v) is 13.3. The van der Waals surface area contributed by atoms with Gasteiger partial charge in [-0.2, -0.15) is 0 Å². The molecule has 3 rings (SSSR count). The van der Waals surface area contributed by atoms with Crippen LogP contribution in [-0.4, -0.2) is 56.2 Å². The lowest BCUT2D eigenvalue weighted by Gasteiger charge is -2.42. The van der Waals surface area contributed by atoms with Gasteiger partial charge in [0, 0.05) is 44.8 Å². The van der Waals surface area contributed by atoms with Gasteiger partial charge in [-0.1, -0.05) is 19.1 Å². The number of nitrogens with one attached hydrogen (secondary N) is 1. The van der Waals surface area contributed by atoms with Gasteiger partial charge in [0.1, 0.15) is 5.75 Å². The number of piperazine rings is 1.